The number of rotatable bonds is 6. The normalized spacial score (nSPS) is 20.2. The summed E-state index contributed by atoms with van der Waals surface area (Å²) in [5.74, 6) is 2.19. The highest BCUT2D eigenvalue weighted by atomic mass is 32.2. The molecule has 2 nitrogen and oxygen atoms in total. The minimum Gasteiger partial charge on any atom is -0.395 e. The molecular formula is C8H17NOS. The Balaban J connectivity index is 2.02. The van der Waals surface area contributed by atoms with Gasteiger partial charge >= 0.3 is 0 Å². The Morgan fingerprint density at radius 1 is 1.64 bits per heavy atom. The summed E-state index contributed by atoms with van der Waals surface area (Å²) < 4.78 is 0. The van der Waals surface area contributed by atoms with Gasteiger partial charge in [-0.05, 0) is 18.6 Å². The third-order valence-electron chi connectivity index (χ3n) is 1.79. The smallest absolute Gasteiger partial charge is 0.0592 e. The minimum absolute atomic E-state index is 0.281. The van der Waals surface area contributed by atoms with Crippen LogP contribution in [0.2, 0.25) is 0 Å². The molecule has 0 aromatic carbocycles. The quantitative estimate of drug-likeness (QED) is 0.628. The van der Waals surface area contributed by atoms with E-state index in [4.69, 9.17) is 5.11 Å². The molecule has 0 amide bonds. The Labute approximate surface area is 72.8 Å². The van der Waals surface area contributed by atoms with Gasteiger partial charge in [0.2, 0.25) is 0 Å². The summed E-state index contributed by atoms with van der Waals surface area (Å²) in [5.41, 5.74) is 0. The van der Waals surface area contributed by atoms with Crippen LogP contribution in [0.25, 0.3) is 0 Å². The molecule has 1 atom stereocenters. The lowest BCUT2D eigenvalue weighted by atomic mass is 10.3. The zero-order valence-corrected chi connectivity index (χ0v) is 7.86. The molecule has 0 saturated heterocycles. The van der Waals surface area contributed by atoms with Crippen molar-refractivity contribution in [3.8, 4) is 0 Å². The summed E-state index contributed by atoms with van der Waals surface area (Å²) in [6.45, 7) is 2.43. The number of thioether (sulfide) groups is 1. The highest BCUT2D eigenvalue weighted by molar-refractivity contribution is 7.99. The molecule has 0 radical (unpaired) electrons. The fourth-order valence-electron chi connectivity index (χ4n) is 0.997. The molecule has 1 unspecified atom stereocenters. The van der Waals surface area contributed by atoms with Gasteiger partial charge in [0, 0.05) is 17.8 Å². The maximum Gasteiger partial charge on any atom is 0.0592 e. The minimum atomic E-state index is 0.281. The van der Waals surface area contributed by atoms with Gasteiger partial charge in [0.15, 0.2) is 0 Å². The van der Waals surface area contributed by atoms with E-state index in [1.807, 2.05) is 11.8 Å². The van der Waals surface area contributed by atoms with Crippen molar-refractivity contribution in [1.29, 1.82) is 0 Å². The second-order valence-electron chi connectivity index (χ2n) is 2.98. The summed E-state index contributed by atoms with van der Waals surface area (Å²) in [4.78, 5) is 0. The molecule has 11 heavy (non-hydrogen) atoms. The Morgan fingerprint density at radius 3 is 2.82 bits per heavy atom. The molecule has 0 aromatic heterocycles. The van der Waals surface area contributed by atoms with E-state index in [-0.39, 0.29) is 6.61 Å². The molecule has 0 aliphatic heterocycles. The first-order valence-electron chi connectivity index (χ1n) is 4.31. The van der Waals surface area contributed by atoms with E-state index in [2.05, 4.69) is 12.2 Å². The van der Waals surface area contributed by atoms with Crippen molar-refractivity contribution in [1.82, 2.24) is 5.32 Å². The summed E-state index contributed by atoms with van der Waals surface area (Å²) >= 11 is 1.89. The van der Waals surface area contributed by atoms with Crippen LogP contribution in [0.1, 0.15) is 19.8 Å². The summed E-state index contributed by atoms with van der Waals surface area (Å²) in [6.07, 6.45) is 2.60. The zero-order valence-electron chi connectivity index (χ0n) is 7.05. The van der Waals surface area contributed by atoms with Gasteiger partial charge in [-0.3, -0.25) is 0 Å². The molecule has 1 fully saturated rings. The van der Waals surface area contributed by atoms with Crippen LogP contribution in [-0.4, -0.2) is 35.3 Å². The molecule has 0 spiro atoms. The topological polar surface area (TPSA) is 32.3 Å². The van der Waals surface area contributed by atoms with Gasteiger partial charge in [0.25, 0.3) is 0 Å². The Bertz CT molecular complexity index is 106. The lowest BCUT2D eigenvalue weighted by Crippen LogP contribution is -2.36. The third-order valence-corrected chi connectivity index (χ3v) is 2.84. The first-order valence-corrected chi connectivity index (χ1v) is 5.47. The Hall–Kier alpha value is 0.270. The van der Waals surface area contributed by atoms with Gasteiger partial charge in [0.1, 0.15) is 0 Å². The average Bonchev–Trinajstić information content (AvgIpc) is 2.81. The van der Waals surface area contributed by atoms with Gasteiger partial charge in [-0.2, -0.15) is 11.8 Å². The summed E-state index contributed by atoms with van der Waals surface area (Å²) in [7, 11) is 0. The highest BCUT2D eigenvalue weighted by Crippen LogP contribution is 2.19. The van der Waals surface area contributed by atoms with Gasteiger partial charge in [-0.1, -0.05) is 6.92 Å². The van der Waals surface area contributed by atoms with Crippen LogP contribution in [-0.2, 0) is 0 Å². The predicted octanol–water partition coefficient (Wildman–Crippen LogP) is 0.852. The maximum absolute atomic E-state index is 8.95. The van der Waals surface area contributed by atoms with E-state index in [1.165, 1.54) is 12.8 Å². The standard InChI is InChI=1S/C8H17NOS/c1-2-11-6-8(5-10)9-7-3-4-7/h7-10H,2-6H2,1H3. The molecular weight excluding hydrogens is 158 g/mol. The number of aliphatic hydroxyl groups excluding tert-OH is 1. The van der Waals surface area contributed by atoms with Crippen molar-refractivity contribution in [3.63, 3.8) is 0 Å². The summed E-state index contributed by atoms with van der Waals surface area (Å²) in [5, 5.41) is 12.4. The second kappa shape index (κ2) is 5.01. The summed E-state index contributed by atoms with van der Waals surface area (Å²) in [6, 6.07) is 1.04. The molecule has 1 aliphatic rings. The van der Waals surface area contributed by atoms with Crippen molar-refractivity contribution < 1.29 is 5.11 Å². The number of nitrogens with one attached hydrogen (secondary N) is 1. The Kier molecular flexibility index (Phi) is 4.26. The molecule has 2 N–H and O–H groups in total. The van der Waals surface area contributed by atoms with Gasteiger partial charge < -0.3 is 10.4 Å². The molecule has 0 heterocycles. The van der Waals surface area contributed by atoms with Gasteiger partial charge in [-0.15, -0.1) is 0 Å². The average molecular weight is 175 g/mol. The fourth-order valence-corrected chi connectivity index (χ4v) is 1.72. The van der Waals surface area contributed by atoms with Crippen molar-refractivity contribution in [3.05, 3.63) is 0 Å². The molecule has 0 aromatic rings. The molecule has 0 bridgehead atoms. The molecule has 1 aliphatic carbocycles. The first-order chi connectivity index (χ1) is 5.36. The SMILES string of the molecule is CCSCC(CO)NC1CC1. The van der Waals surface area contributed by atoms with Crippen LogP contribution in [0.3, 0.4) is 0 Å². The van der Waals surface area contributed by atoms with Crippen LogP contribution in [0.15, 0.2) is 0 Å². The first kappa shape index (κ1) is 9.36. The maximum atomic E-state index is 8.95. The van der Waals surface area contributed by atoms with Crippen LogP contribution < -0.4 is 5.32 Å². The zero-order chi connectivity index (χ0) is 8.10. The van der Waals surface area contributed by atoms with Crippen LogP contribution in [0.4, 0.5) is 0 Å². The second-order valence-corrected chi connectivity index (χ2v) is 4.30. The highest BCUT2D eigenvalue weighted by Gasteiger charge is 2.23. The fraction of sp³-hybridized carbons (Fsp3) is 1.00. The van der Waals surface area contributed by atoms with Crippen molar-refractivity contribution in [2.24, 2.45) is 0 Å². The molecule has 3 heteroatoms. The van der Waals surface area contributed by atoms with Gasteiger partial charge in [-0.25, -0.2) is 0 Å². The lowest BCUT2D eigenvalue weighted by molar-refractivity contribution is 0.253. The molecule has 1 saturated carbocycles. The van der Waals surface area contributed by atoms with Crippen LogP contribution >= 0.6 is 11.8 Å². The predicted molar refractivity (Wildman–Crippen MR) is 50.0 cm³/mol. The van der Waals surface area contributed by atoms with Crippen LogP contribution in [0.5, 0.6) is 0 Å². The molecule has 66 valence electrons. The van der Waals surface area contributed by atoms with Crippen LogP contribution in [0, 0.1) is 0 Å². The van der Waals surface area contributed by atoms with Gasteiger partial charge in [0.05, 0.1) is 6.61 Å². The van der Waals surface area contributed by atoms with E-state index >= 15 is 0 Å². The largest absolute Gasteiger partial charge is 0.395 e. The van der Waals surface area contributed by atoms with E-state index in [9.17, 15) is 0 Å². The lowest BCUT2D eigenvalue weighted by Gasteiger charge is -2.14. The van der Waals surface area contributed by atoms with Crippen molar-refractivity contribution in [2.75, 3.05) is 18.1 Å². The number of hydrogen-bond donors (Lipinski definition) is 2. The van der Waals surface area contributed by atoms with E-state index in [1.54, 1.807) is 0 Å². The van der Waals surface area contributed by atoms with Crippen molar-refractivity contribution in [2.45, 2.75) is 31.8 Å². The monoisotopic (exact) mass is 175 g/mol. The Morgan fingerprint density at radius 2 is 2.36 bits per heavy atom. The number of hydrogen-bond acceptors (Lipinski definition) is 3. The number of aliphatic hydroxyl groups is 1. The molecule has 1 rings (SSSR count). The third kappa shape index (κ3) is 3.99. The van der Waals surface area contributed by atoms with E-state index < -0.39 is 0 Å². The van der Waals surface area contributed by atoms with E-state index in [0.717, 1.165) is 11.5 Å². The van der Waals surface area contributed by atoms with E-state index in [0.29, 0.717) is 12.1 Å². The van der Waals surface area contributed by atoms with Crippen molar-refractivity contribution >= 4 is 11.8 Å².